The molecule has 0 atom stereocenters. The summed E-state index contributed by atoms with van der Waals surface area (Å²) in [6, 6.07) is 10.1. The maximum Gasteiger partial charge on any atom is 0.251 e. The summed E-state index contributed by atoms with van der Waals surface area (Å²) >= 11 is 0. The maximum absolute atomic E-state index is 12.9. The summed E-state index contributed by atoms with van der Waals surface area (Å²) in [4.78, 5) is 12.9. The van der Waals surface area contributed by atoms with Gasteiger partial charge in [-0.15, -0.1) is 0 Å². The molecule has 3 rings (SSSR count). The lowest BCUT2D eigenvalue weighted by molar-refractivity contribution is 0.0923. The van der Waals surface area contributed by atoms with E-state index < -0.39 is 10.0 Å². The molecule has 1 fully saturated rings. The van der Waals surface area contributed by atoms with Crippen molar-refractivity contribution in [3.8, 4) is 11.5 Å². The monoisotopic (exact) mass is 432 g/mol. The number of aryl methyl sites for hydroxylation is 2. The minimum absolute atomic E-state index is 0.0863. The quantitative estimate of drug-likeness (QED) is 0.759. The number of rotatable bonds is 6. The first kappa shape index (κ1) is 22.1. The minimum Gasteiger partial charge on any atom is -0.493 e. The summed E-state index contributed by atoms with van der Waals surface area (Å²) in [5.74, 6) is 0.824. The van der Waals surface area contributed by atoms with Crippen molar-refractivity contribution in [1.29, 1.82) is 0 Å². The molecule has 0 unspecified atom stereocenters. The molecule has 0 bridgehead atoms. The van der Waals surface area contributed by atoms with Crippen molar-refractivity contribution in [2.45, 2.75) is 37.6 Å². The van der Waals surface area contributed by atoms with Crippen molar-refractivity contribution >= 4 is 15.9 Å². The van der Waals surface area contributed by atoms with E-state index >= 15 is 0 Å². The van der Waals surface area contributed by atoms with Gasteiger partial charge in [0.15, 0.2) is 11.5 Å². The smallest absolute Gasteiger partial charge is 0.251 e. The van der Waals surface area contributed by atoms with Gasteiger partial charge < -0.3 is 14.8 Å². The van der Waals surface area contributed by atoms with Crippen molar-refractivity contribution in [1.82, 2.24) is 9.62 Å². The number of benzene rings is 2. The van der Waals surface area contributed by atoms with Gasteiger partial charge >= 0.3 is 0 Å². The number of nitrogens with zero attached hydrogens (tertiary/aromatic N) is 1. The molecule has 0 saturated carbocycles. The highest BCUT2D eigenvalue weighted by Gasteiger charge is 2.30. The Kier molecular flexibility index (Phi) is 6.67. The number of hydrogen-bond acceptors (Lipinski definition) is 5. The predicted octanol–water partition coefficient (Wildman–Crippen LogP) is 2.90. The molecule has 0 aromatic heterocycles. The van der Waals surface area contributed by atoms with Crippen LogP contribution in [0, 0.1) is 13.8 Å². The second-order valence-corrected chi connectivity index (χ2v) is 9.41. The van der Waals surface area contributed by atoms with Gasteiger partial charge in [-0.05, 0) is 68.1 Å². The molecule has 2 aromatic rings. The molecule has 2 aromatic carbocycles. The van der Waals surface area contributed by atoms with Gasteiger partial charge in [0.25, 0.3) is 5.91 Å². The maximum atomic E-state index is 12.9. The van der Waals surface area contributed by atoms with E-state index in [0.717, 1.165) is 11.1 Å². The topological polar surface area (TPSA) is 84.9 Å². The van der Waals surface area contributed by atoms with E-state index in [-0.39, 0.29) is 11.9 Å². The molecule has 30 heavy (non-hydrogen) atoms. The molecular weight excluding hydrogens is 404 g/mol. The lowest BCUT2D eigenvalue weighted by Gasteiger charge is -2.31. The van der Waals surface area contributed by atoms with Crippen LogP contribution in [0.25, 0.3) is 0 Å². The fourth-order valence-electron chi connectivity index (χ4n) is 3.51. The van der Waals surface area contributed by atoms with Crippen molar-refractivity contribution in [2.24, 2.45) is 0 Å². The number of nitrogens with one attached hydrogen (secondary N) is 1. The predicted molar refractivity (Wildman–Crippen MR) is 115 cm³/mol. The van der Waals surface area contributed by atoms with Gasteiger partial charge in [0.2, 0.25) is 10.0 Å². The normalized spacial score (nSPS) is 15.6. The Hall–Kier alpha value is -2.58. The van der Waals surface area contributed by atoms with Gasteiger partial charge in [-0.1, -0.05) is 6.07 Å². The second kappa shape index (κ2) is 9.06. The molecule has 1 aliphatic rings. The van der Waals surface area contributed by atoms with Crippen LogP contribution in [0.2, 0.25) is 0 Å². The zero-order chi connectivity index (χ0) is 21.9. The van der Waals surface area contributed by atoms with E-state index in [1.165, 1.54) is 18.5 Å². The summed E-state index contributed by atoms with van der Waals surface area (Å²) in [7, 11) is -0.474. The molecule has 7 nitrogen and oxygen atoms in total. The largest absolute Gasteiger partial charge is 0.493 e. The minimum atomic E-state index is -3.53. The Morgan fingerprint density at radius 2 is 1.63 bits per heavy atom. The van der Waals surface area contributed by atoms with Gasteiger partial charge in [0, 0.05) is 24.7 Å². The molecule has 8 heteroatoms. The molecule has 1 saturated heterocycles. The first-order valence-electron chi connectivity index (χ1n) is 9.86. The van der Waals surface area contributed by atoms with Crippen LogP contribution in [-0.4, -0.2) is 52.0 Å². The Morgan fingerprint density at radius 1 is 0.967 bits per heavy atom. The molecule has 1 heterocycles. The highest BCUT2D eigenvalue weighted by Crippen LogP contribution is 2.28. The average Bonchev–Trinajstić information content (AvgIpc) is 2.75. The van der Waals surface area contributed by atoms with Crippen molar-refractivity contribution < 1.29 is 22.7 Å². The summed E-state index contributed by atoms with van der Waals surface area (Å²) < 4.78 is 37.8. The van der Waals surface area contributed by atoms with E-state index in [9.17, 15) is 13.2 Å². The Balaban J connectivity index is 1.63. The highest BCUT2D eigenvalue weighted by atomic mass is 32.2. The molecule has 1 N–H and O–H groups in total. The molecular formula is C22H28N2O5S. The Bertz CT molecular complexity index is 1030. The fourth-order valence-corrected chi connectivity index (χ4v) is 5.07. The van der Waals surface area contributed by atoms with E-state index in [0.29, 0.717) is 47.9 Å². The van der Waals surface area contributed by atoms with E-state index in [2.05, 4.69) is 5.32 Å². The molecule has 1 aliphatic heterocycles. The molecule has 0 spiro atoms. The number of sulfonamides is 1. The number of carbonyl (C=O) groups excluding carboxylic acids is 1. The van der Waals surface area contributed by atoms with Crippen LogP contribution in [0.1, 0.15) is 34.3 Å². The van der Waals surface area contributed by atoms with Crippen molar-refractivity contribution in [3.05, 3.63) is 53.1 Å². The Labute approximate surface area is 178 Å². The highest BCUT2D eigenvalue weighted by molar-refractivity contribution is 7.89. The van der Waals surface area contributed by atoms with Crippen molar-refractivity contribution in [2.75, 3.05) is 27.3 Å². The average molecular weight is 433 g/mol. The first-order chi connectivity index (χ1) is 14.3. The fraction of sp³-hybridized carbons (Fsp3) is 0.409. The van der Waals surface area contributed by atoms with Gasteiger partial charge in [-0.25, -0.2) is 8.42 Å². The Morgan fingerprint density at radius 3 is 2.23 bits per heavy atom. The summed E-state index contributed by atoms with van der Waals surface area (Å²) in [6.45, 7) is 4.60. The number of piperidine rings is 1. The number of amides is 1. The van der Waals surface area contributed by atoms with E-state index in [4.69, 9.17) is 9.47 Å². The first-order valence-corrected chi connectivity index (χ1v) is 11.3. The van der Waals surface area contributed by atoms with Gasteiger partial charge in [0.05, 0.1) is 19.1 Å². The third-order valence-electron chi connectivity index (χ3n) is 5.55. The third kappa shape index (κ3) is 4.60. The molecule has 0 radical (unpaired) electrons. The second-order valence-electron chi connectivity index (χ2n) is 7.47. The lowest BCUT2D eigenvalue weighted by Crippen LogP contribution is -2.46. The lowest BCUT2D eigenvalue weighted by atomic mass is 10.1. The van der Waals surface area contributed by atoms with Crippen LogP contribution in [0.5, 0.6) is 11.5 Å². The van der Waals surface area contributed by atoms with Crippen LogP contribution in [-0.2, 0) is 10.0 Å². The summed E-state index contributed by atoms with van der Waals surface area (Å²) in [5.41, 5.74) is 2.48. The number of ether oxygens (including phenoxy) is 2. The van der Waals surface area contributed by atoms with Crippen LogP contribution >= 0.6 is 0 Å². The zero-order valence-electron chi connectivity index (χ0n) is 17.8. The van der Waals surface area contributed by atoms with Crippen LogP contribution < -0.4 is 14.8 Å². The van der Waals surface area contributed by atoms with Gasteiger partial charge in [-0.3, -0.25) is 4.79 Å². The SMILES string of the molecule is COc1ccc(C(=O)NC2CCN(S(=O)(=O)c3ccc(C)c(C)c3)CC2)cc1OC. The van der Waals surface area contributed by atoms with Crippen LogP contribution in [0.4, 0.5) is 0 Å². The van der Waals surface area contributed by atoms with Gasteiger partial charge in [0.1, 0.15) is 0 Å². The standard InChI is InChI=1S/C22H28N2O5S/c1-15-5-7-19(13-16(15)2)30(26,27)24-11-9-18(10-12-24)23-22(25)17-6-8-20(28-3)21(14-17)29-4/h5-8,13-14,18H,9-12H2,1-4H3,(H,23,25). The molecule has 0 aliphatic carbocycles. The van der Waals surface area contributed by atoms with Gasteiger partial charge in [-0.2, -0.15) is 4.31 Å². The van der Waals surface area contributed by atoms with E-state index in [1.54, 1.807) is 30.3 Å². The van der Waals surface area contributed by atoms with Crippen LogP contribution in [0.3, 0.4) is 0 Å². The summed E-state index contributed by atoms with van der Waals surface area (Å²) in [6.07, 6.45) is 1.12. The number of hydrogen-bond donors (Lipinski definition) is 1. The number of carbonyl (C=O) groups is 1. The molecule has 1 amide bonds. The van der Waals surface area contributed by atoms with Crippen molar-refractivity contribution in [3.63, 3.8) is 0 Å². The molecule has 162 valence electrons. The summed E-state index contributed by atoms with van der Waals surface area (Å²) in [5, 5.41) is 3.00. The third-order valence-corrected chi connectivity index (χ3v) is 7.45. The van der Waals surface area contributed by atoms with E-state index in [1.807, 2.05) is 19.9 Å². The van der Waals surface area contributed by atoms with Crippen LogP contribution in [0.15, 0.2) is 41.3 Å². The zero-order valence-corrected chi connectivity index (χ0v) is 18.6. The number of methoxy groups -OCH3 is 2.